The van der Waals surface area contributed by atoms with Gasteiger partial charge in [-0.1, -0.05) is 47.5 Å². The number of aliphatic carboxylic acids is 1. The molecule has 266 valence electrons. The molecule has 0 aliphatic heterocycles. The summed E-state index contributed by atoms with van der Waals surface area (Å²) in [4.78, 5) is 66.3. The molecule has 0 bridgehead atoms. The second kappa shape index (κ2) is 16.8. The number of benzene rings is 3. The van der Waals surface area contributed by atoms with Crippen LogP contribution in [0.2, 0.25) is 5.02 Å². The molecule has 50 heavy (non-hydrogen) atoms. The third kappa shape index (κ3) is 13.6. The Hall–Kier alpha value is -5.43. The summed E-state index contributed by atoms with van der Waals surface area (Å²) >= 11 is 6.38. The van der Waals surface area contributed by atoms with Gasteiger partial charge in [0.1, 0.15) is 23.0 Å². The zero-order valence-electron chi connectivity index (χ0n) is 28.9. The molecule has 0 aromatic heterocycles. The van der Waals surface area contributed by atoms with E-state index >= 15 is 0 Å². The van der Waals surface area contributed by atoms with E-state index in [1.807, 2.05) is 31.2 Å². The van der Waals surface area contributed by atoms with E-state index in [1.54, 1.807) is 41.5 Å². The molecule has 14 heteroatoms. The molecule has 3 aromatic carbocycles. The number of alkyl carbamates (subject to hydrolysis) is 2. The lowest BCUT2D eigenvalue weighted by Gasteiger charge is -2.22. The van der Waals surface area contributed by atoms with E-state index in [9.17, 15) is 29.1 Å². The van der Waals surface area contributed by atoms with Gasteiger partial charge in [0, 0.05) is 11.4 Å². The Morgan fingerprint density at radius 3 is 1.88 bits per heavy atom. The molecule has 0 fully saturated rings. The van der Waals surface area contributed by atoms with Gasteiger partial charge in [-0.25, -0.2) is 24.2 Å². The topological polar surface area (TPSA) is 182 Å². The van der Waals surface area contributed by atoms with Crippen molar-refractivity contribution in [1.29, 1.82) is 0 Å². The number of nitrogens with one attached hydrogen (secondary N) is 3. The lowest BCUT2D eigenvalue weighted by atomic mass is 10.0. The molecule has 3 rings (SSSR count). The van der Waals surface area contributed by atoms with Gasteiger partial charge in [-0.3, -0.25) is 15.4 Å². The standard InChI is InChI=1S/C36H41ClN4O9/c1-21-8-10-22(11-9-21)18-28(30(43)44)39-29(42)19-24-14-17-26(20-27(24)37)48-31(45)23-12-15-25(16-13-23)38-32(40-33(46)49-35(2,3)4)41-34(47)50-36(5,6)7/h8-17,20,28H,18-19H2,1-7H3,(H,39,42)(H,43,44)(H2,38,40,41,46,47)/t28-/m0/s1. The second-order valence-corrected chi connectivity index (χ2v) is 13.6. The number of hydrogen-bond donors (Lipinski definition) is 4. The number of esters is 1. The Bertz CT molecular complexity index is 1710. The van der Waals surface area contributed by atoms with Gasteiger partial charge < -0.3 is 24.6 Å². The van der Waals surface area contributed by atoms with E-state index in [0.29, 0.717) is 5.56 Å². The maximum Gasteiger partial charge on any atom is 0.414 e. The van der Waals surface area contributed by atoms with Crippen LogP contribution in [0.25, 0.3) is 0 Å². The summed E-state index contributed by atoms with van der Waals surface area (Å²) in [6.45, 7) is 12.0. The van der Waals surface area contributed by atoms with Crippen LogP contribution < -0.4 is 20.7 Å². The number of halogens is 1. The maximum absolute atomic E-state index is 12.9. The van der Waals surface area contributed by atoms with E-state index < -0.39 is 47.3 Å². The van der Waals surface area contributed by atoms with Crippen molar-refractivity contribution in [3.63, 3.8) is 0 Å². The third-order valence-electron chi connectivity index (χ3n) is 6.36. The molecular weight excluding hydrogens is 668 g/mol. The van der Waals surface area contributed by atoms with Crippen LogP contribution in [0.4, 0.5) is 15.3 Å². The minimum Gasteiger partial charge on any atom is -0.480 e. The molecule has 0 unspecified atom stereocenters. The first kappa shape index (κ1) is 39.0. The van der Waals surface area contributed by atoms with Crippen molar-refractivity contribution in [2.75, 3.05) is 0 Å². The number of ether oxygens (including phenoxy) is 3. The van der Waals surface area contributed by atoms with Gasteiger partial charge in [0.25, 0.3) is 0 Å². The van der Waals surface area contributed by atoms with Crippen molar-refractivity contribution in [1.82, 2.24) is 16.0 Å². The second-order valence-electron chi connectivity index (χ2n) is 13.2. The van der Waals surface area contributed by atoms with Crippen LogP contribution >= 0.6 is 11.6 Å². The summed E-state index contributed by atoms with van der Waals surface area (Å²) in [5.41, 5.74) is 1.00. The van der Waals surface area contributed by atoms with E-state index in [2.05, 4.69) is 20.9 Å². The predicted molar refractivity (Wildman–Crippen MR) is 187 cm³/mol. The first-order chi connectivity index (χ1) is 23.3. The summed E-state index contributed by atoms with van der Waals surface area (Å²) < 4.78 is 15.9. The number of hydrogen-bond acceptors (Lipinski definition) is 9. The molecule has 3 aromatic rings. The molecule has 4 N–H and O–H groups in total. The molecule has 13 nitrogen and oxygen atoms in total. The maximum atomic E-state index is 12.9. The number of rotatable bonds is 9. The molecule has 0 aliphatic carbocycles. The van der Waals surface area contributed by atoms with Gasteiger partial charge >= 0.3 is 24.1 Å². The number of carbonyl (C=O) groups is 5. The lowest BCUT2D eigenvalue weighted by molar-refractivity contribution is -0.141. The number of carboxylic acids is 1. The average molecular weight is 709 g/mol. The molecule has 0 saturated carbocycles. The summed E-state index contributed by atoms with van der Waals surface area (Å²) in [6, 6.07) is 16.3. The lowest BCUT2D eigenvalue weighted by Crippen LogP contribution is -2.47. The summed E-state index contributed by atoms with van der Waals surface area (Å²) in [7, 11) is 0. The molecule has 1 atom stereocenters. The Morgan fingerprint density at radius 1 is 0.820 bits per heavy atom. The number of aliphatic imine (C=N–C) groups is 1. The molecular formula is C36H41ClN4O9. The van der Waals surface area contributed by atoms with Crippen LogP contribution in [0.15, 0.2) is 71.7 Å². The van der Waals surface area contributed by atoms with Gasteiger partial charge in [0.05, 0.1) is 17.7 Å². The Morgan fingerprint density at radius 2 is 1.38 bits per heavy atom. The van der Waals surface area contributed by atoms with Gasteiger partial charge in [0.2, 0.25) is 11.9 Å². The van der Waals surface area contributed by atoms with Crippen molar-refractivity contribution in [3.8, 4) is 5.75 Å². The van der Waals surface area contributed by atoms with Gasteiger partial charge in [-0.05, 0) is 96.0 Å². The van der Waals surface area contributed by atoms with E-state index in [4.69, 9.17) is 25.8 Å². The van der Waals surface area contributed by atoms with Crippen LogP contribution in [0.5, 0.6) is 5.75 Å². The largest absolute Gasteiger partial charge is 0.480 e. The van der Waals surface area contributed by atoms with E-state index in [-0.39, 0.29) is 40.8 Å². The summed E-state index contributed by atoms with van der Waals surface area (Å²) in [6.07, 6.45) is -1.80. The highest BCUT2D eigenvalue weighted by Gasteiger charge is 2.23. The van der Waals surface area contributed by atoms with E-state index in [1.165, 1.54) is 42.5 Å². The Balaban J connectivity index is 1.65. The normalized spacial score (nSPS) is 11.8. The third-order valence-corrected chi connectivity index (χ3v) is 6.71. The van der Waals surface area contributed by atoms with Crippen LogP contribution in [-0.4, -0.2) is 58.3 Å². The molecule has 0 spiro atoms. The highest BCUT2D eigenvalue weighted by atomic mass is 35.5. The zero-order valence-corrected chi connectivity index (χ0v) is 29.6. The minimum absolute atomic E-state index is 0.111. The quantitative estimate of drug-likeness (QED) is 0.0863. The molecule has 3 amide bonds. The summed E-state index contributed by atoms with van der Waals surface area (Å²) in [5.74, 6) is -2.58. The Kier molecular flexibility index (Phi) is 13.1. The monoisotopic (exact) mass is 708 g/mol. The molecule has 0 saturated heterocycles. The highest BCUT2D eigenvalue weighted by Crippen LogP contribution is 2.24. The predicted octanol–water partition coefficient (Wildman–Crippen LogP) is 6.26. The number of nitrogens with zero attached hydrogens (tertiary/aromatic N) is 1. The van der Waals surface area contributed by atoms with Crippen LogP contribution in [0, 0.1) is 6.92 Å². The van der Waals surface area contributed by atoms with Crippen LogP contribution in [-0.2, 0) is 31.9 Å². The number of amides is 3. The fourth-order valence-electron chi connectivity index (χ4n) is 4.17. The van der Waals surface area contributed by atoms with Crippen LogP contribution in [0.3, 0.4) is 0 Å². The summed E-state index contributed by atoms with van der Waals surface area (Å²) in [5, 5.41) is 17.0. The number of carbonyl (C=O) groups excluding carboxylic acids is 4. The first-order valence-electron chi connectivity index (χ1n) is 15.5. The van der Waals surface area contributed by atoms with Crippen molar-refractivity contribution in [2.24, 2.45) is 4.99 Å². The van der Waals surface area contributed by atoms with Crippen molar-refractivity contribution in [3.05, 3.63) is 94.0 Å². The van der Waals surface area contributed by atoms with Crippen molar-refractivity contribution < 1.29 is 43.3 Å². The molecule has 0 heterocycles. The zero-order chi connectivity index (χ0) is 37.2. The van der Waals surface area contributed by atoms with E-state index in [0.717, 1.165) is 11.1 Å². The van der Waals surface area contributed by atoms with Gasteiger partial charge in [-0.15, -0.1) is 0 Å². The van der Waals surface area contributed by atoms with Crippen molar-refractivity contribution in [2.45, 2.75) is 78.6 Å². The van der Waals surface area contributed by atoms with Gasteiger partial charge in [0.15, 0.2) is 0 Å². The smallest absolute Gasteiger partial charge is 0.414 e. The van der Waals surface area contributed by atoms with Crippen molar-refractivity contribution >= 4 is 53.3 Å². The first-order valence-corrected chi connectivity index (χ1v) is 15.9. The molecule has 0 radical (unpaired) electrons. The number of carboxylic acid groups (broad SMARTS) is 1. The van der Waals surface area contributed by atoms with Gasteiger partial charge in [-0.2, -0.15) is 0 Å². The fraction of sp³-hybridized carbons (Fsp3) is 0.333. The average Bonchev–Trinajstić information content (AvgIpc) is 2.97. The number of guanidine groups is 1. The number of aryl methyl sites for hydroxylation is 1. The highest BCUT2D eigenvalue weighted by molar-refractivity contribution is 6.31. The van der Waals surface area contributed by atoms with Crippen LogP contribution in [0.1, 0.15) is 68.6 Å². The SMILES string of the molecule is Cc1ccc(C[C@H](NC(=O)Cc2ccc(OC(=O)c3ccc(N=C(NC(=O)OC(C)(C)C)NC(=O)OC(C)(C)C)cc3)cc2Cl)C(=O)O)cc1. The fourth-order valence-corrected chi connectivity index (χ4v) is 4.41. The minimum atomic E-state index is -1.16. The molecule has 0 aliphatic rings. The Labute approximate surface area is 295 Å².